The van der Waals surface area contributed by atoms with Gasteiger partial charge in [-0.2, -0.15) is 0 Å². The van der Waals surface area contributed by atoms with Crippen molar-refractivity contribution in [3.63, 3.8) is 0 Å². The lowest BCUT2D eigenvalue weighted by Crippen LogP contribution is -2.45. The molecule has 1 spiro atoms. The highest BCUT2D eigenvalue weighted by atomic mass is 35.5. The molecule has 0 aliphatic carbocycles. The van der Waals surface area contributed by atoms with Crippen LogP contribution in [-0.2, 0) is 4.79 Å². The summed E-state index contributed by atoms with van der Waals surface area (Å²) in [6.07, 6.45) is 2.06. The summed E-state index contributed by atoms with van der Waals surface area (Å²) in [7, 11) is 2.12. The molecule has 2 aliphatic heterocycles. The fraction of sp³-hybridized carbons (Fsp3) is 0.923. The van der Waals surface area contributed by atoms with Crippen LogP contribution in [-0.4, -0.2) is 60.1 Å². The predicted octanol–water partition coefficient (Wildman–Crippen LogP) is 1.97. The molecule has 2 heterocycles. The highest BCUT2D eigenvalue weighted by Crippen LogP contribution is 2.45. The van der Waals surface area contributed by atoms with Gasteiger partial charge in [0.1, 0.15) is 0 Å². The summed E-state index contributed by atoms with van der Waals surface area (Å²) in [5.74, 6) is -0.767. The Balaban J connectivity index is 0.00000162. The minimum Gasteiger partial charge on any atom is -0.481 e. The van der Waals surface area contributed by atoms with Gasteiger partial charge in [-0.25, -0.2) is 0 Å². The molecule has 0 saturated carbocycles. The third-order valence-electron chi connectivity index (χ3n) is 4.69. The molecule has 0 aromatic rings. The zero-order valence-corrected chi connectivity index (χ0v) is 13.6. The van der Waals surface area contributed by atoms with Crippen molar-refractivity contribution in [3.8, 4) is 0 Å². The van der Waals surface area contributed by atoms with Gasteiger partial charge in [0.05, 0.1) is 5.92 Å². The first-order valence-corrected chi connectivity index (χ1v) is 6.60. The lowest BCUT2D eigenvalue weighted by molar-refractivity contribution is -0.145. The molecule has 2 fully saturated rings. The second-order valence-electron chi connectivity index (χ2n) is 6.08. The summed E-state index contributed by atoms with van der Waals surface area (Å²) in [4.78, 5) is 16.1. The third-order valence-corrected chi connectivity index (χ3v) is 4.69. The number of likely N-dealkylation sites (tertiary alicyclic amines) is 2. The van der Waals surface area contributed by atoms with E-state index >= 15 is 0 Å². The molecule has 0 radical (unpaired) electrons. The van der Waals surface area contributed by atoms with E-state index in [2.05, 4.69) is 30.7 Å². The van der Waals surface area contributed by atoms with Gasteiger partial charge in [-0.3, -0.25) is 9.69 Å². The topological polar surface area (TPSA) is 43.8 Å². The van der Waals surface area contributed by atoms with Gasteiger partial charge in [-0.05, 0) is 46.8 Å². The van der Waals surface area contributed by atoms with E-state index in [-0.39, 0.29) is 36.1 Å². The summed E-state index contributed by atoms with van der Waals surface area (Å²) >= 11 is 0. The number of rotatable bonds is 2. The predicted molar refractivity (Wildman–Crippen MR) is 81.5 cm³/mol. The molecule has 2 rings (SSSR count). The molecule has 2 saturated heterocycles. The van der Waals surface area contributed by atoms with Crippen LogP contribution in [0.1, 0.15) is 26.7 Å². The van der Waals surface area contributed by atoms with E-state index < -0.39 is 5.97 Å². The summed E-state index contributed by atoms with van der Waals surface area (Å²) in [5.41, 5.74) is 0.0304. The molecule has 0 aromatic heterocycles. The molecule has 0 bridgehead atoms. The Hall–Kier alpha value is -0.0300. The highest BCUT2D eigenvalue weighted by Gasteiger charge is 2.51. The van der Waals surface area contributed by atoms with Crippen molar-refractivity contribution in [1.82, 2.24) is 9.80 Å². The number of hydrogen-bond acceptors (Lipinski definition) is 3. The number of hydrogen-bond donors (Lipinski definition) is 1. The van der Waals surface area contributed by atoms with Gasteiger partial charge < -0.3 is 10.0 Å². The summed E-state index contributed by atoms with van der Waals surface area (Å²) in [5, 5.41) is 9.46. The molecule has 1 unspecified atom stereocenters. The van der Waals surface area contributed by atoms with Gasteiger partial charge in [0.15, 0.2) is 0 Å². The fourth-order valence-electron chi connectivity index (χ4n) is 3.31. The van der Waals surface area contributed by atoms with Crippen LogP contribution in [0.15, 0.2) is 0 Å². The minimum atomic E-state index is -0.599. The van der Waals surface area contributed by atoms with Gasteiger partial charge in [0.25, 0.3) is 0 Å². The maximum Gasteiger partial charge on any atom is 0.308 e. The molecule has 6 heteroatoms. The summed E-state index contributed by atoms with van der Waals surface area (Å²) in [6.45, 7) is 8.09. The Morgan fingerprint density at radius 3 is 2.21 bits per heavy atom. The number of carbonyl (C=O) groups is 1. The largest absolute Gasteiger partial charge is 0.481 e. The maximum atomic E-state index is 11.5. The average molecular weight is 313 g/mol. The van der Waals surface area contributed by atoms with Crippen LogP contribution in [0.25, 0.3) is 0 Å². The first-order valence-electron chi connectivity index (χ1n) is 6.60. The SMILES string of the molecule is CC(C)N1CC(C(=O)O)C2(CCN(C)CC2)C1.Cl.Cl. The summed E-state index contributed by atoms with van der Waals surface area (Å²) < 4.78 is 0. The zero-order chi connectivity index (χ0) is 12.6. The summed E-state index contributed by atoms with van der Waals surface area (Å²) in [6, 6.07) is 0.455. The Bertz CT molecular complexity index is 305. The molecule has 114 valence electrons. The van der Waals surface area contributed by atoms with E-state index in [4.69, 9.17) is 0 Å². The van der Waals surface area contributed by atoms with Crippen LogP contribution in [0.3, 0.4) is 0 Å². The lowest BCUT2D eigenvalue weighted by atomic mass is 9.71. The van der Waals surface area contributed by atoms with Gasteiger partial charge in [0, 0.05) is 24.5 Å². The van der Waals surface area contributed by atoms with E-state index in [1.54, 1.807) is 0 Å². The van der Waals surface area contributed by atoms with Gasteiger partial charge >= 0.3 is 5.97 Å². The van der Waals surface area contributed by atoms with Crippen LogP contribution in [0.5, 0.6) is 0 Å². The smallest absolute Gasteiger partial charge is 0.308 e. The maximum absolute atomic E-state index is 11.5. The lowest BCUT2D eigenvalue weighted by Gasteiger charge is -2.40. The molecule has 2 aliphatic rings. The molecule has 0 amide bonds. The number of nitrogens with zero attached hydrogens (tertiary/aromatic N) is 2. The number of carboxylic acid groups (broad SMARTS) is 1. The van der Waals surface area contributed by atoms with Crippen molar-refractivity contribution < 1.29 is 9.90 Å². The zero-order valence-electron chi connectivity index (χ0n) is 12.0. The molecular formula is C13H26Cl2N2O2. The molecular weight excluding hydrogens is 287 g/mol. The van der Waals surface area contributed by atoms with Crippen molar-refractivity contribution in [1.29, 1.82) is 0 Å². The van der Waals surface area contributed by atoms with Crippen molar-refractivity contribution in [2.24, 2.45) is 11.3 Å². The third kappa shape index (κ3) is 3.75. The number of halogens is 2. The van der Waals surface area contributed by atoms with Gasteiger partial charge in [-0.15, -0.1) is 24.8 Å². The molecule has 0 aromatic carbocycles. The average Bonchev–Trinajstić information content (AvgIpc) is 2.63. The second kappa shape index (κ2) is 7.11. The van der Waals surface area contributed by atoms with Crippen molar-refractivity contribution in [2.75, 3.05) is 33.2 Å². The molecule has 19 heavy (non-hydrogen) atoms. The Kier molecular flexibility index (Phi) is 7.10. The quantitative estimate of drug-likeness (QED) is 0.846. The van der Waals surface area contributed by atoms with E-state index in [1.165, 1.54) is 0 Å². The van der Waals surface area contributed by atoms with Crippen molar-refractivity contribution in [2.45, 2.75) is 32.7 Å². The molecule has 1 atom stereocenters. The van der Waals surface area contributed by atoms with E-state index in [0.29, 0.717) is 6.04 Å². The van der Waals surface area contributed by atoms with Gasteiger partial charge in [0.2, 0.25) is 0 Å². The van der Waals surface area contributed by atoms with Crippen molar-refractivity contribution in [3.05, 3.63) is 0 Å². The standard InChI is InChI=1S/C13H24N2O2.2ClH/c1-10(2)15-8-11(12(16)17)13(9-15)4-6-14(3)7-5-13;;/h10-11H,4-9H2,1-3H3,(H,16,17);2*1H. The van der Waals surface area contributed by atoms with Crippen molar-refractivity contribution >= 4 is 30.8 Å². The van der Waals surface area contributed by atoms with Gasteiger partial charge in [-0.1, -0.05) is 0 Å². The number of carboxylic acids is 1. The van der Waals surface area contributed by atoms with Crippen LogP contribution >= 0.6 is 24.8 Å². The Labute approximate surface area is 128 Å². The monoisotopic (exact) mass is 312 g/mol. The fourth-order valence-corrected chi connectivity index (χ4v) is 3.31. The van der Waals surface area contributed by atoms with E-state index in [1.807, 2.05) is 0 Å². The number of aliphatic carboxylic acids is 1. The van der Waals surface area contributed by atoms with Crippen LogP contribution in [0.2, 0.25) is 0 Å². The van der Waals surface area contributed by atoms with Crippen LogP contribution in [0, 0.1) is 11.3 Å². The normalized spacial score (nSPS) is 27.1. The first kappa shape index (κ1) is 19.0. The molecule has 1 N–H and O–H groups in total. The molecule has 4 nitrogen and oxygen atoms in total. The minimum absolute atomic E-state index is 0. The van der Waals surface area contributed by atoms with E-state index in [0.717, 1.165) is 39.0 Å². The van der Waals surface area contributed by atoms with Crippen LogP contribution in [0.4, 0.5) is 0 Å². The van der Waals surface area contributed by atoms with E-state index in [9.17, 15) is 9.90 Å². The Morgan fingerprint density at radius 1 is 1.26 bits per heavy atom. The second-order valence-corrected chi connectivity index (χ2v) is 6.08. The Morgan fingerprint density at radius 2 is 1.79 bits per heavy atom. The number of piperidine rings is 1. The first-order chi connectivity index (χ1) is 7.94. The van der Waals surface area contributed by atoms with Crippen LogP contribution < -0.4 is 0 Å². The highest BCUT2D eigenvalue weighted by molar-refractivity contribution is 5.85.